The molecule has 0 heterocycles. The van der Waals surface area contributed by atoms with Crippen LogP contribution in [0, 0.1) is 5.92 Å². The van der Waals surface area contributed by atoms with Crippen LogP contribution in [0.1, 0.15) is 41.5 Å². The first-order valence-corrected chi connectivity index (χ1v) is 5.29. The van der Waals surface area contributed by atoms with Gasteiger partial charge in [0.15, 0.2) is 0 Å². The van der Waals surface area contributed by atoms with E-state index >= 15 is 0 Å². The zero-order valence-corrected chi connectivity index (χ0v) is 10.6. The molecule has 90 valence electrons. The predicted molar refractivity (Wildman–Crippen MR) is 61.3 cm³/mol. The van der Waals surface area contributed by atoms with E-state index in [1.54, 1.807) is 27.7 Å². The van der Waals surface area contributed by atoms with Crippen molar-refractivity contribution in [2.45, 2.75) is 58.7 Å². The maximum absolute atomic E-state index is 11.7. The van der Waals surface area contributed by atoms with Crippen LogP contribution in [-0.4, -0.2) is 28.2 Å². The molecule has 4 nitrogen and oxygen atoms in total. The van der Waals surface area contributed by atoms with E-state index in [0.29, 0.717) is 0 Å². The Kier molecular flexibility index (Phi) is 4.31. The third kappa shape index (κ3) is 3.80. The topological polar surface area (TPSA) is 75.4 Å². The molecule has 0 spiro atoms. The summed E-state index contributed by atoms with van der Waals surface area (Å²) in [7, 11) is 0. The maximum Gasteiger partial charge on any atom is 0.237 e. The SMILES string of the molecule is CC(C)C(N)C(=O)NC(C)(C)C(C)(C)O. The molecule has 0 aromatic heterocycles. The van der Waals surface area contributed by atoms with E-state index in [2.05, 4.69) is 5.32 Å². The van der Waals surface area contributed by atoms with Crippen molar-refractivity contribution in [2.24, 2.45) is 11.7 Å². The van der Waals surface area contributed by atoms with Gasteiger partial charge in [-0.25, -0.2) is 0 Å². The summed E-state index contributed by atoms with van der Waals surface area (Å²) < 4.78 is 0. The standard InChI is InChI=1S/C11H24N2O2/c1-7(2)8(12)9(14)13-10(3,4)11(5,6)15/h7-8,15H,12H2,1-6H3,(H,13,14). The van der Waals surface area contributed by atoms with Gasteiger partial charge in [0, 0.05) is 0 Å². The summed E-state index contributed by atoms with van der Waals surface area (Å²) in [6, 6.07) is -0.536. The molecule has 0 saturated heterocycles. The molecular formula is C11H24N2O2. The number of rotatable bonds is 4. The Morgan fingerprint density at radius 3 is 1.93 bits per heavy atom. The molecule has 4 heteroatoms. The Balaban J connectivity index is 4.55. The van der Waals surface area contributed by atoms with Crippen molar-refractivity contribution < 1.29 is 9.90 Å². The summed E-state index contributed by atoms with van der Waals surface area (Å²) in [6.07, 6.45) is 0. The van der Waals surface area contributed by atoms with Gasteiger partial charge in [0.1, 0.15) is 0 Å². The number of aliphatic hydroxyl groups is 1. The van der Waals surface area contributed by atoms with E-state index in [-0.39, 0.29) is 11.8 Å². The van der Waals surface area contributed by atoms with Gasteiger partial charge in [-0.1, -0.05) is 13.8 Å². The first-order chi connectivity index (χ1) is 6.49. The predicted octanol–water partition coefficient (Wildman–Crippen LogP) is 0.635. The highest BCUT2D eigenvalue weighted by Gasteiger charge is 2.37. The minimum Gasteiger partial charge on any atom is -0.388 e. The van der Waals surface area contributed by atoms with E-state index in [1.807, 2.05) is 13.8 Å². The lowest BCUT2D eigenvalue weighted by atomic mass is 9.85. The number of hydrogen-bond donors (Lipinski definition) is 3. The summed E-state index contributed by atoms with van der Waals surface area (Å²) in [6.45, 7) is 10.7. The van der Waals surface area contributed by atoms with Crippen LogP contribution in [0.25, 0.3) is 0 Å². The molecule has 0 aromatic rings. The average Bonchev–Trinajstić information content (AvgIpc) is 1.99. The molecular weight excluding hydrogens is 192 g/mol. The largest absolute Gasteiger partial charge is 0.388 e. The zero-order chi connectivity index (χ0) is 12.4. The lowest BCUT2D eigenvalue weighted by Crippen LogP contribution is -2.61. The van der Waals surface area contributed by atoms with Gasteiger partial charge >= 0.3 is 0 Å². The molecule has 1 atom stereocenters. The third-order valence-corrected chi connectivity index (χ3v) is 2.99. The van der Waals surface area contributed by atoms with Crippen LogP contribution in [0.3, 0.4) is 0 Å². The summed E-state index contributed by atoms with van der Waals surface area (Å²) in [4.78, 5) is 11.7. The van der Waals surface area contributed by atoms with Crippen molar-refractivity contribution in [3.63, 3.8) is 0 Å². The minimum atomic E-state index is -0.987. The molecule has 0 aromatic carbocycles. The Morgan fingerprint density at radius 1 is 1.27 bits per heavy atom. The van der Waals surface area contributed by atoms with E-state index in [9.17, 15) is 9.90 Å². The van der Waals surface area contributed by atoms with Crippen molar-refractivity contribution in [3.05, 3.63) is 0 Å². The monoisotopic (exact) mass is 216 g/mol. The lowest BCUT2D eigenvalue weighted by molar-refractivity contribution is -0.128. The van der Waals surface area contributed by atoms with Crippen LogP contribution < -0.4 is 11.1 Å². The quantitative estimate of drug-likeness (QED) is 0.645. The van der Waals surface area contributed by atoms with Crippen LogP contribution in [0.15, 0.2) is 0 Å². The fourth-order valence-corrected chi connectivity index (χ4v) is 0.847. The van der Waals surface area contributed by atoms with Gasteiger partial charge in [0.2, 0.25) is 5.91 Å². The summed E-state index contributed by atoms with van der Waals surface area (Å²) >= 11 is 0. The Morgan fingerprint density at radius 2 is 1.67 bits per heavy atom. The van der Waals surface area contributed by atoms with Crippen molar-refractivity contribution in [1.29, 1.82) is 0 Å². The second-order valence-electron chi connectivity index (χ2n) is 5.44. The minimum absolute atomic E-state index is 0.0857. The van der Waals surface area contributed by atoms with Gasteiger partial charge in [-0.3, -0.25) is 4.79 Å². The van der Waals surface area contributed by atoms with E-state index in [1.165, 1.54) is 0 Å². The maximum atomic E-state index is 11.7. The molecule has 1 unspecified atom stereocenters. The van der Waals surface area contributed by atoms with Crippen LogP contribution in [0.5, 0.6) is 0 Å². The molecule has 0 radical (unpaired) electrons. The second kappa shape index (κ2) is 4.49. The first kappa shape index (κ1) is 14.4. The molecule has 0 bridgehead atoms. The van der Waals surface area contributed by atoms with Crippen LogP contribution in [0.2, 0.25) is 0 Å². The van der Waals surface area contributed by atoms with Gasteiger partial charge < -0.3 is 16.2 Å². The highest BCUT2D eigenvalue weighted by molar-refractivity contribution is 5.82. The molecule has 0 saturated carbocycles. The van der Waals surface area contributed by atoms with Crippen molar-refractivity contribution in [3.8, 4) is 0 Å². The molecule has 0 aliphatic heterocycles. The fraction of sp³-hybridized carbons (Fsp3) is 0.909. The van der Waals surface area contributed by atoms with Crippen molar-refractivity contribution in [1.82, 2.24) is 5.32 Å². The highest BCUT2D eigenvalue weighted by Crippen LogP contribution is 2.20. The number of nitrogens with two attached hydrogens (primary N) is 1. The van der Waals surface area contributed by atoms with Gasteiger partial charge in [-0.05, 0) is 33.6 Å². The van der Waals surface area contributed by atoms with Crippen molar-refractivity contribution >= 4 is 5.91 Å². The molecule has 0 aliphatic carbocycles. The number of hydrogen-bond acceptors (Lipinski definition) is 3. The second-order valence-corrected chi connectivity index (χ2v) is 5.44. The Hall–Kier alpha value is -0.610. The van der Waals surface area contributed by atoms with Crippen LogP contribution in [-0.2, 0) is 4.79 Å². The lowest BCUT2D eigenvalue weighted by Gasteiger charge is -2.38. The van der Waals surface area contributed by atoms with Gasteiger partial charge in [-0.2, -0.15) is 0 Å². The zero-order valence-electron chi connectivity index (χ0n) is 10.6. The van der Waals surface area contributed by atoms with E-state index in [0.717, 1.165) is 0 Å². The van der Waals surface area contributed by atoms with Crippen LogP contribution >= 0.6 is 0 Å². The number of amides is 1. The Labute approximate surface area is 92.2 Å². The van der Waals surface area contributed by atoms with Gasteiger partial charge in [0.25, 0.3) is 0 Å². The molecule has 0 rings (SSSR count). The summed E-state index contributed by atoms with van der Waals surface area (Å²) in [5, 5.41) is 12.6. The normalized spacial score (nSPS) is 15.3. The molecule has 15 heavy (non-hydrogen) atoms. The van der Waals surface area contributed by atoms with E-state index < -0.39 is 17.2 Å². The molecule has 0 fully saturated rings. The third-order valence-electron chi connectivity index (χ3n) is 2.99. The highest BCUT2D eigenvalue weighted by atomic mass is 16.3. The Bertz CT molecular complexity index is 229. The fourth-order valence-electron chi connectivity index (χ4n) is 0.847. The summed E-state index contributed by atoms with van der Waals surface area (Å²) in [5.74, 6) is -0.139. The number of nitrogens with one attached hydrogen (secondary N) is 1. The smallest absolute Gasteiger partial charge is 0.237 e. The molecule has 4 N–H and O–H groups in total. The number of carbonyl (C=O) groups excluding carboxylic acids is 1. The van der Waals surface area contributed by atoms with Gasteiger partial charge in [0.05, 0.1) is 17.2 Å². The van der Waals surface area contributed by atoms with Gasteiger partial charge in [-0.15, -0.1) is 0 Å². The number of carbonyl (C=O) groups is 1. The van der Waals surface area contributed by atoms with E-state index in [4.69, 9.17) is 5.73 Å². The summed E-state index contributed by atoms with van der Waals surface area (Å²) in [5.41, 5.74) is 4.03. The first-order valence-electron chi connectivity index (χ1n) is 5.29. The van der Waals surface area contributed by atoms with Crippen molar-refractivity contribution in [2.75, 3.05) is 0 Å². The van der Waals surface area contributed by atoms with Crippen LogP contribution in [0.4, 0.5) is 0 Å². The molecule has 1 amide bonds. The molecule has 0 aliphatic rings. The average molecular weight is 216 g/mol.